The molecule has 0 bridgehead atoms. The first kappa shape index (κ1) is 16.2. The highest BCUT2D eigenvalue weighted by molar-refractivity contribution is 7.10. The average Bonchev–Trinajstić information content (AvgIpc) is 2.95. The summed E-state index contributed by atoms with van der Waals surface area (Å²) >= 11 is 1.83. The van der Waals surface area contributed by atoms with Gasteiger partial charge in [-0.15, -0.1) is 11.3 Å². The Morgan fingerprint density at radius 1 is 1.48 bits per heavy atom. The van der Waals surface area contributed by atoms with Gasteiger partial charge in [0.25, 0.3) is 0 Å². The molecule has 3 heteroatoms. The molecule has 0 amide bonds. The largest absolute Gasteiger partial charge is 0.372 e. The molecule has 1 unspecified atom stereocenters. The van der Waals surface area contributed by atoms with E-state index in [1.807, 2.05) is 11.3 Å². The molecule has 1 aliphatic heterocycles. The minimum atomic E-state index is 0.0416. The maximum Gasteiger partial charge on any atom is 0.0963 e. The molecule has 1 aromatic rings. The smallest absolute Gasteiger partial charge is 0.0963 e. The van der Waals surface area contributed by atoms with Gasteiger partial charge >= 0.3 is 0 Å². The van der Waals surface area contributed by atoms with Crippen LogP contribution in [0.15, 0.2) is 35.3 Å². The van der Waals surface area contributed by atoms with Gasteiger partial charge in [-0.25, -0.2) is 0 Å². The third-order valence-corrected chi connectivity index (χ3v) is 4.92. The van der Waals surface area contributed by atoms with E-state index >= 15 is 0 Å². The maximum atomic E-state index is 5.89. The third kappa shape index (κ3) is 3.73. The molecular formula is C18H25NOS. The van der Waals surface area contributed by atoms with Crippen LogP contribution in [0.4, 0.5) is 0 Å². The molecule has 1 atom stereocenters. The first-order valence-electron chi connectivity index (χ1n) is 7.63. The van der Waals surface area contributed by atoms with Crippen molar-refractivity contribution in [1.82, 2.24) is 0 Å². The minimum Gasteiger partial charge on any atom is -0.372 e. The lowest BCUT2D eigenvalue weighted by Gasteiger charge is -2.23. The van der Waals surface area contributed by atoms with Crippen molar-refractivity contribution in [1.29, 1.82) is 0 Å². The van der Waals surface area contributed by atoms with Gasteiger partial charge in [0, 0.05) is 23.4 Å². The van der Waals surface area contributed by atoms with Crippen molar-refractivity contribution < 1.29 is 4.74 Å². The molecule has 0 fully saturated rings. The van der Waals surface area contributed by atoms with Crippen LogP contribution in [0.5, 0.6) is 0 Å². The van der Waals surface area contributed by atoms with Crippen LogP contribution in [-0.4, -0.2) is 13.2 Å². The average molecular weight is 303 g/mol. The van der Waals surface area contributed by atoms with Gasteiger partial charge in [0.1, 0.15) is 0 Å². The number of rotatable bonds is 5. The second-order valence-electron chi connectivity index (χ2n) is 5.32. The summed E-state index contributed by atoms with van der Waals surface area (Å²) in [6.07, 6.45) is 10.8. The zero-order valence-corrected chi connectivity index (χ0v) is 14.0. The van der Waals surface area contributed by atoms with Gasteiger partial charge in [0.05, 0.1) is 12.7 Å². The van der Waals surface area contributed by atoms with Crippen molar-refractivity contribution >= 4 is 16.9 Å². The van der Waals surface area contributed by atoms with Gasteiger partial charge in [-0.05, 0) is 36.8 Å². The number of allylic oxidation sites excluding steroid dienone is 6. The molecule has 0 saturated carbocycles. The van der Waals surface area contributed by atoms with Crippen LogP contribution in [0.3, 0.4) is 0 Å². The second kappa shape index (κ2) is 7.74. The summed E-state index contributed by atoms with van der Waals surface area (Å²) < 4.78 is 5.84. The van der Waals surface area contributed by atoms with E-state index in [2.05, 4.69) is 50.5 Å². The van der Waals surface area contributed by atoms with Crippen LogP contribution in [0.25, 0.3) is 5.57 Å². The predicted molar refractivity (Wildman–Crippen MR) is 92.6 cm³/mol. The van der Waals surface area contributed by atoms with Gasteiger partial charge in [0.15, 0.2) is 0 Å². The van der Waals surface area contributed by atoms with Gasteiger partial charge in [-0.3, -0.25) is 0 Å². The summed E-state index contributed by atoms with van der Waals surface area (Å²) in [7, 11) is 0. The van der Waals surface area contributed by atoms with Crippen molar-refractivity contribution in [3.05, 3.63) is 51.3 Å². The highest BCUT2D eigenvalue weighted by atomic mass is 32.1. The van der Waals surface area contributed by atoms with E-state index in [4.69, 9.17) is 10.5 Å². The first-order chi connectivity index (χ1) is 10.2. The molecule has 2 heterocycles. The van der Waals surface area contributed by atoms with Gasteiger partial charge in [0.2, 0.25) is 0 Å². The van der Waals surface area contributed by atoms with Crippen LogP contribution >= 0.6 is 11.3 Å². The Kier molecular flexibility index (Phi) is 5.97. The molecule has 2 nitrogen and oxygen atoms in total. The molecule has 21 heavy (non-hydrogen) atoms. The quantitative estimate of drug-likeness (QED) is 0.804. The number of fused-ring (bicyclic) bond motifs is 1. The Morgan fingerprint density at radius 2 is 2.29 bits per heavy atom. The number of hydrogen-bond acceptors (Lipinski definition) is 3. The standard InChI is InChI=1S/C18H25NOS/c1-4-6-14(8-7-13(3)5-2)15-12-21-17-9-10-20-16(11-19)18(15)17/h4,6-8,12,16H,5,9-11,19H2,1-3H3. The highest BCUT2D eigenvalue weighted by Gasteiger charge is 2.25. The van der Waals surface area contributed by atoms with Gasteiger partial charge < -0.3 is 10.5 Å². The molecule has 1 aromatic heterocycles. The van der Waals surface area contributed by atoms with Gasteiger partial charge in [-0.1, -0.05) is 36.8 Å². The predicted octanol–water partition coefficient (Wildman–Crippen LogP) is 4.64. The molecule has 0 radical (unpaired) electrons. The first-order valence-corrected chi connectivity index (χ1v) is 8.51. The SMILES string of the molecule is CC=CC(=CC=C(C)CC)c1csc2c1C(CN)OCC2. The van der Waals surface area contributed by atoms with Crippen molar-refractivity contribution in [2.24, 2.45) is 5.73 Å². The lowest BCUT2D eigenvalue weighted by atomic mass is 9.95. The normalized spacial score (nSPS) is 20.1. The zero-order valence-electron chi connectivity index (χ0n) is 13.2. The second-order valence-corrected chi connectivity index (χ2v) is 6.28. The molecule has 2 rings (SSSR count). The Morgan fingerprint density at radius 3 is 2.95 bits per heavy atom. The minimum absolute atomic E-state index is 0.0416. The Hall–Kier alpha value is -1.16. The monoisotopic (exact) mass is 303 g/mol. The number of thiophene rings is 1. The Bertz CT molecular complexity index is 566. The summed E-state index contributed by atoms with van der Waals surface area (Å²) in [6.45, 7) is 7.73. The van der Waals surface area contributed by atoms with Crippen LogP contribution < -0.4 is 5.73 Å². The maximum absolute atomic E-state index is 5.89. The van der Waals surface area contributed by atoms with E-state index in [0.717, 1.165) is 19.4 Å². The highest BCUT2D eigenvalue weighted by Crippen LogP contribution is 2.38. The molecule has 0 aromatic carbocycles. The molecule has 114 valence electrons. The van der Waals surface area contributed by atoms with Crippen molar-refractivity contribution in [3.8, 4) is 0 Å². The van der Waals surface area contributed by atoms with Crippen LogP contribution in [0.2, 0.25) is 0 Å². The lowest BCUT2D eigenvalue weighted by molar-refractivity contribution is 0.0496. The summed E-state index contributed by atoms with van der Waals surface area (Å²) in [5.74, 6) is 0. The molecule has 0 spiro atoms. The van der Waals surface area contributed by atoms with E-state index in [1.165, 1.54) is 27.2 Å². The van der Waals surface area contributed by atoms with Crippen LogP contribution in [0.1, 0.15) is 49.3 Å². The number of nitrogens with two attached hydrogens (primary N) is 1. The Labute approximate surface area is 132 Å². The molecule has 2 N–H and O–H groups in total. The van der Waals surface area contributed by atoms with Crippen molar-refractivity contribution in [3.63, 3.8) is 0 Å². The molecule has 1 aliphatic rings. The van der Waals surface area contributed by atoms with E-state index in [1.54, 1.807) is 0 Å². The number of ether oxygens (including phenoxy) is 1. The molecule has 0 saturated heterocycles. The number of hydrogen-bond donors (Lipinski definition) is 1. The van der Waals surface area contributed by atoms with Crippen LogP contribution in [-0.2, 0) is 11.2 Å². The third-order valence-electron chi connectivity index (χ3n) is 3.86. The fourth-order valence-electron chi connectivity index (χ4n) is 2.51. The van der Waals surface area contributed by atoms with Crippen LogP contribution in [0, 0.1) is 0 Å². The fourth-order valence-corrected chi connectivity index (χ4v) is 3.60. The van der Waals surface area contributed by atoms with Crippen molar-refractivity contribution in [2.75, 3.05) is 13.2 Å². The summed E-state index contributed by atoms with van der Waals surface area (Å²) in [5.41, 5.74) is 11.1. The summed E-state index contributed by atoms with van der Waals surface area (Å²) in [5, 5.41) is 2.25. The topological polar surface area (TPSA) is 35.2 Å². The van der Waals surface area contributed by atoms with E-state index in [9.17, 15) is 0 Å². The summed E-state index contributed by atoms with van der Waals surface area (Å²) in [4.78, 5) is 1.43. The van der Waals surface area contributed by atoms with E-state index in [-0.39, 0.29) is 6.10 Å². The molecule has 0 aliphatic carbocycles. The lowest BCUT2D eigenvalue weighted by Crippen LogP contribution is -2.22. The molecular weight excluding hydrogens is 278 g/mol. The fraction of sp³-hybridized carbons (Fsp3) is 0.444. The summed E-state index contributed by atoms with van der Waals surface area (Å²) in [6, 6.07) is 0. The van der Waals surface area contributed by atoms with Crippen molar-refractivity contribution in [2.45, 2.75) is 39.7 Å². The van der Waals surface area contributed by atoms with Gasteiger partial charge in [-0.2, -0.15) is 0 Å². The Balaban J connectivity index is 2.45. The van der Waals surface area contributed by atoms with E-state index < -0.39 is 0 Å². The zero-order chi connectivity index (χ0) is 15.2. The van der Waals surface area contributed by atoms with E-state index in [0.29, 0.717) is 6.54 Å².